The van der Waals surface area contributed by atoms with Crippen molar-refractivity contribution in [3.05, 3.63) is 29.8 Å². The van der Waals surface area contributed by atoms with Crippen LogP contribution in [0.5, 0.6) is 0 Å². The van der Waals surface area contributed by atoms with E-state index < -0.39 is 11.4 Å². The summed E-state index contributed by atoms with van der Waals surface area (Å²) in [6, 6.07) is 7.70. The van der Waals surface area contributed by atoms with Gasteiger partial charge in [0.2, 0.25) is 0 Å². The van der Waals surface area contributed by atoms with Crippen LogP contribution < -0.4 is 4.90 Å². The maximum absolute atomic E-state index is 12.5. The molecule has 5 nitrogen and oxygen atoms in total. The second-order valence-electron chi connectivity index (χ2n) is 5.90. The van der Waals surface area contributed by atoms with Crippen molar-refractivity contribution in [2.75, 3.05) is 25.0 Å². The van der Waals surface area contributed by atoms with Crippen molar-refractivity contribution in [3.63, 3.8) is 0 Å². The molecule has 1 unspecified atom stereocenters. The van der Waals surface area contributed by atoms with Crippen LogP contribution >= 0.6 is 0 Å². The predicted molar refractivity (Wildman–Crippen MR) is 81.6 cm³/mol. The van der Waals surface area contributed by atoms with Crippen LogP contribution in [0.2, 0.25) is 0 Å². The minimum atomic E-state index is -0.840. The lowest BCUT2D eigenvalue weighted by Gasteiger charge is -2.26. The van der Waals surface area contributed by atoms with Gasteiger partial charge in [0.1, 0.15) is 0 Å². The molecule has 2 amide bonds. The quantitative estimate of drug-likeness (QED) is 0.930. The summed E-state index contributed by atoms with van der Waals surface area (Å²) in [4.78, 5) is 26.9. The third kappa shape index (κ3) is 3.01. The molecule has 1 aromatic rings. The van der Waals surface area contributed by atoms with Crippen molar-refractivity contribution in [2.24, 2.45) is 5.41 Å². The highest BCUT2D eigenvalue weighted by Crippen LogP contribution is 2.31. The number of carboxylic acids is 1. The second-order valence-corrected chi connectivity index (χ2v) is 5.90. The zero-order chi connectivity index (χ0) is 15.6. The molecule has 21 heavy (non-hydrogen) atoms. The molecular formula is C16H22N2O3. The average Bonchev–Trinajstić information content (AvgIpc) is 2.90. The number of carbonyl (C=O) groups is 2. The Morgan fingerprint density at radius 1 is 1.33 bits per heavy atom. The number of benzene rings is 1. The lowest BCUT2D eigenvalue weighted by molar-refractivity contribution is -0.146. The van der Waals surface area contributed by atoms with E-state index in [-0.39, 0.29) is 12.6 Å². The molecule has 114 valence electrons. The Balaban J connectivity index is 2.07. The summed E-state index contributed by atoms with van der Waals surface area (Å²) in [5.74, 6) is -0.840. The number of carboxylic acid groups (broad SMARTS) is 1. The number of nitrogens with zero attached hydrogens (tertiary/aromatic N) is 2. The number of anilines is 1. The van der Waals surface area contributed by atoms with Crippen LogP contribution in [0.1, 0.15) is 25.8 Å². The van der Waals surface area contributed by atoms with Crippen LogP contribution in [0, 0.1) is 5.41 Å². The maximum atomic E-state index is 12.5. The summed E-state index contributed by atoms with van der Waals surface area (Å²) in [6.07, 6.45) is 1.46. The van der Waals surface area contributed by atoms with Crippen molar-refractivity contribution >= 4 is 17.7 Å². The first kappa shape index (κ1) is 15.4. The van der Waals surface area contributed by atoms with Gasteiger partial charge in [-0.25, -0.2) is 4.79 Å². The van der Waals surface area contributed by atoms with Crippen molar-refractivity contribution in [2.45, 2.75) is 26.7 Å². The van der Waals surface area contributed by atoms with E-state index in [0.29, 0.717) is 13.0 Å². The molecule has 0 aliphatic carbocycles. The van der Waals surface area contributed by atoms with Crippen LogP contribution in [0.3, 0.4) is 0 Å². The predicted octanol–water partition coefficient (Wildman–Crippen LogP) is 2.60. The Labute approximate surface area is 125 Å². The van der Waals surface area contributed by atoms with Crippen molar-refractivity contribution in [1.29, 1.82) is 0 Å². The monoisotopic (exact) mass is 290 g/mol. The lowest BCUT2D eigenvalue weighted by atomic mass is 9.90. The summed E-state index contributed by atoms with van der Waals surface area (Å²) < 4.78 is 0. The molecule has 1 aromatic carbocycles. The Hall–Kier alpha value is -2.04. The fourth-order valence-electron chi connectivity index (χ4n) is 2.58. The molecule has 2 rings (SSSR count). The highest BCUT2D eigenvalue weighted by molar-refractivity contribution is 5.92. The van der Waals surface area contributed by atoms with E-state index in [1.807, 2.05) is 24.3 Å². The number of hydrogen-bond donors (Lipinski definition) is 1. The summed E-state index contributed by atoms with van der Waals surface area (Å²) in [6.45, 7) is 4.52. The number of amides is 2. The second kappa shape index (κ2) is 5.76. The van der Waals surface area contributed by atoms with Gasteiger partial charge in [0.25, 0.3) is 0 Å². The van der Waals surface area contributed by atoms with Crippen LogP contribution in [0.4, 0.5) is 10.5 Å². The van der Waals surface area contributed by atoms with Crippen molar-refractivity contribution in [1.82, 2.24) is 4.90 Å². The molecule has 1 heterocycles. The van der Waals surface area contributed by atoms with Gasteiger partial charge < -0.3 is 10.0 Å². The molecule has 1 fully saturated rings. The zero-order valence-corrected chi connectivity index (χ0v) is 12.8. The van der Waals surface area contributed by atoms with Gasteiger partial charge >= 0.3 is 12.0 Å². The van der Waals surface area contributed by atoms with Gasteiger partial charge in [0.15, 0.2) is 0 Å². The van der Waals surface area contributed by atoms with Crippen LogP contribution in [0.25, 0.3) is 0 Å². The van der Waals surface area contributed by atoms with Crippen molar-refractivity contribution in [3.8, 4) is 0 Å². The smallest absolute Gasteiger partial charge is 0.324 e. The van der Waals surface area contributed by atoms with Gasteiger partial charge in [-0.1, -0.05) is 19.1 Å². The normalized spacial score (nSPS) is 21.4. The standard InChI is InChI=1S/C16H22N2O3/c1-4-12-5-7-13(8-6-12)17(3)15(21)18-10-9-16(2,11-18)14(19)20/h5-8H,4,9-11H2,1-3H3,(H,19,20). The third-order valence-corrected chi connectivity index (χ3v) is 4.28. The molecule has 1 atom stereocenters. The van der Waals surface area contributed by atoms with Crippen LogP contribution in [-0.2, 0) is 11.2 Å². The molecule has 0 aromatic heterocycles. The van der Waals surface area contributed by atoms with Gasteiger partial charge in [-0.2, -0.15) is 0 Å². The molecule has 1 aliphatic heterocycles. The largest absolute Gasteiger partial charge is 0.481 e. The highest BCUT2D eigenvalue weighted by Gasteiger charge is 2.42. The highest BCUT2D eigenvalue weighted by atomic mass is 16.4. The number of aliphatic carboxylic acids is 1. The van der Waals surface area contributed by atoms with Gasteiger partial charge in [0, 0.05) is 25.8 Å². The number of rotatable bonds is 3. The zero-order valence-electron chi connectivity index (χ0n) is 12.8. The number of hydrogen-bond acceptors (Lipinski definition) is 2. The first-order chi connectivity index (χ1) is 9.87. The fraction of sp³-hybridized carbons (Fsp3) is 0.500. The van der Waals surface area contributed by atoms with E-state index >= 15 is 0 Å². The fourth-order valence-corrected chi connectivity index (χ4v) is 2.58. The Bertz CT molecular complexity index is 541. The third-order valence-electron chi connectivity index (χ3n) is 4.28. The maximum Gasteiger partial charge on any atom is 0.324 e. The lowest BCUT2D eigenvalue weighted by Crippen LogP contribution is -2.42. The minimum absolute atomic E-state index is 0.149. The van der Waals surface area contributed by atoms with E-state index in [4.69, 9.17) is 0 Å². The van der Waals surface area contributed by atoms with Gasteiger partial charge in [-0.05, 0) is 37.5 Å². The topological polar surface area (TPSA) is 60.9 Å². The Morgan fingerprint density at radius 3 is 2.43 bits per heavy atom. The van der Waals surface area contributed by atoms with Crippen molar-refractivity contribution < 1.29 is 14.7 Å². The summed E-state index contributed by atoms with van der Waals surface area (Å²) in [5.41, 5.74) is 1.21. The first-order valence-corrected chi connectivity index (χ1v) is 7.22. The minimum Gasteiger partial charge on any atom is -0.481 e. The van der Waals surface area contributed by atoms with E-state index in [0.717, 1.165) is 12.1 Å². The van der Waals surface area contributed by atoms with Crippen LogP contribution in [0.15, 0.2) is 24.3 Å². The Kier molecular flexibility index (Phi) is 4.21. The van der Waals surface area contributed by atoms with E-state index in [9.17, 15) is 14.7 Å². The summed E-state index contributed by atoms with van der Waals surface area (Å²) in [7, 11) is 1.72. The molecule has 1 saturated heterocycles. The number of carbonyl (C=O) groups excluding carboxylic acids is 1. The van der Waals surface area contributed by atoms with Gasteiger partial charge in [-0.15, -0.1) is 0 Å². The van der Waals surface area contributed by atoms with E-state index in [2.05, 4.69) is 6.92 Å². The SMILES string of the molecule is CCc1ccc(N(C)C(=O)N2CCC(C)(C(=O)O)C2)cc1. The first-order valence-electron chi connectivity index (χ1n) is 7.22. The number of urea groups is 1. The van der Waals surface area contributed by atoms with Gasteiger partial charge in [0.05, 0.1) is 5.41 Å². The summed E-state index contributed by atoms with van der Waals surface area (Å²) >= 11 is 0. The van der Waals surface area contributed by atoms with E-state index in [1.54, 1.807) is 23.8 Å². The molecule has 0 spiro atoms. The number of aryl methyl sites for hydroxylation is 1. The molecule has 0 saturated carbocycles. The molecule has 0 radical (unpaired) electrons. The van der Waals surface area contributed by atoms with E-state index in [1.165, 1.54) is 5.56 Å². The Morgan fingerprint density at radius 2 is 1.95 bits per heavy atom. The number of likely N-dealkylation sites (tertiary alicyclic amines) is 1. The summed E-state index contributed by atoms with van der Waals surface area (Å²) in [5, 5.41) is 9.23. The molecular weight excluding hydrogens is 268 g/mol. The molecule has 0 bridgehead atoms. The molecule has 5 heteroatoms. The van der Waals surface area contributed by atoms with Gasteiger partial charge in [-0.3, -0.25) is 9.69 Å². The molecule has 1 aliphatic rings. The average molecular weight is 290 g/mol. The molecule has 1 N–H and O–H groups in total. The van der Waals surface area contributed by atoms with Crippen LogP contribution in [-0.4, -0.2) is 42.1 Å².